The predicted molar refractivity (Wildman–Crippen MR) is 102 cm³/mol. The van der Waals surface area contributed by atoms with Crippen LogP contribution >= 0.6 is 23.2 Å². The fraction of sp³-hybridized carbons (Fsp3) is 0.444. The minimum atomic E-state index is -0.0368. The fourth-order valence-electron chi connectivity index (χ4n) is 3.61. The molecule has 2 unspecified atom stereocenters. The van der Waals surface area contributed by atoms with E-state index in [1.165, 1.54) is 13.2 Å². The molecule has 2 aliphatic rings. The van der Waals surface area contributed by atoms with Crippen molar-refractivity contribution in [1.82, 2.24) is 9.80 Å². The maximum atomic E-state index is 12.5. The SMILES string of the molecule is C=CC(=O)N1CC2CN(C(=O)CNc3cc(OC)c(Cl)cc3Cl)CC2C1. The summed E-state index contributed by atoms with van der Waals surface area (Å²) in [6.07, 6.45) is 1.35. The molecule has 0 aromatic heterocycles. The molecule has 3 rings (SSSR count). The molecule has 2 fully saturated rings. The van der Waals surface area contributed by atoms with Crippen molar-refractivity contribution < 1.29 is 14.3 Å². The third kappa shape index (κ3) is 3.76. The highest BCUT2D eigenvalue weighted by Crippen LogP contribution is 2.34. The summed E-state index contributed by atoms with van der Waals surface area (Å²) in [4.78, 5) is 27.9. The van der Waals surface area contributed by atoms with Crippen LogP contribution < -0.4 is 10.1 Å². The molecule has 0 radical (unpaired) electrons. The zero-order valence-corrected chi connectivity index (χ0v) is 16.0. The van der Waals surface area contributed by atoms with Gasteiger partial charge < -0.3 is 19.9 Å². The molecule has 0 aliphatic carbocycles. The van der Waals surface area contributed by atoms with Gasteiger partial charge in [0.2, 0.25) is 11.8 Å². The third-order valence-corrected chi connectivity index (χ3v) is 5.60. The Hall–Kier alpha value is -1.92. The van der Waals surface area contributed by atoms with Gasteiger partial charge in [-0.1, -0.05) is 29.8 Å². The van der Waals surface area contributed by atoms with Gasteiger partial charge in [0.1, 0.15) is 5.75 Å². The van der Waals surface area contributed by atoms with Crippen molar-refractivity contribution >= 4 is 40.7 Å². The number of hydrogen-bond acceptors (Lipinski definition) is 4. The van der Waals surface area contributed by atoms with Crippen LogP contribution in [0.2, 0.25) is 10.0 Å². The van der Waals surface area contributed by atoms with Crippen LogP contribution in [0.25, 0.3) is 0 Å². The number of ether oxygens (including phenoxy) is 1. The van der Waals surface area contributed by atoms with Gasteiger partial charge in [-0.15, -0.1) is 0 Å². The van der Waals surface area contributed by atoms with E-state index in [9.17, 15) is 9.59 Å². The van der Waals surface area contributed by atoms with Gasteiger partial charge in [-0.05, 0) is 12.1 Å². The first-order valence-electron chi connectivity index (χ1n) is 8.39. The number of methoxy groups -OCH3 is 1. The number of fused-ring (bicyclic) bond motifs is 1. The number of anilines is 1. The van der Waals surface area contributed by atoms with Crippen molar-refractivity contribution in [1.29, 1.82) is 0 Å². The molecule has 6 nitrogen and oxygen atoms in total. The standard InChI is InChI=1S/C18H21Cl2N3O3/c1-3-17(24)22-7-11-9-23(10-12(11)8-22)18(25)6-21-15-5-16(26-2)14(20)4-13(15)19/h3-5,11-12,21H,1,6-10H2,2H3. The molecule has 140 valence electrons. The second kappa shape index (κ2) is 7.76. The van der Waals surface area contributed by atoms with Crippen LogP contribution in [-0.4, -0.2) is 61.4 Å². The number of nitrogens with zero attached hydrogens (tertiary/aromatic N) is 2. The molecule has 2 heterocycles. The van der Waals surface area contributed by atoms with Gasteiger partial charge in [0.25, 0.3) is 0 Å². The number of likely N-dealkylation sites (tertiary alicyclic amines) is 2. The van der Waals surface area contributed by atoms with Gasteiger partial charge in [0.05, 0.1) is 29.4 Å². The van der Waals surface area contributed by atoms with Gasteiger partial charge in [-0.3, -0.25) is 9.59 Å². The topological polar surface area (TPSA) is 61.9 Å². The number of carbonyl (C=O) groups excluding carboxylic acids is 2. The van der Waals surface area contributed by atoms with Crippen LogP contribution in [0.5, 0.6) is 5.75 Å². The highest BCUT2D eigenvalue weighted by atomic mass is 35.5. The van der Waals surface area contributed by atoms with E-state index in [2.05, 4.69) is 11.9 Å². The van der Waals surface area contributed by atoms with Gasteiger partial charge >= 0.3 is 0 Å². The fourth-order valence-corrected chi connectivity index (χ4v) is 4.14. The van der Waals surface area contributed by atoms with E-state index >= 15 is 0 Å². The monoisotopic (exact) mass is 397 g/mol. The molecule has 1 aromatic rings. The number of rotatable bonds is 5. The van der Waals surface area contributed by atoms with E-state index in [-0.39, 0.29) is 18.4 Å². The van der Waals surface area contributed by atoms with Crippen molar-refractivity contribution in [3.05, 3.63) is 34.8 Å². The largest absolute Gasteiger partial charge is 0.495 e. The second-order valence-corrected chi connectivity index (χ2v) is 7.40. The van der Waals surface area contributed by atoms with E-state index in [1.807, 2.05) is 9.80 Å². The lowest BCUT2D eigenvalue weighted by molar-refractivity contribution is -0.128. The maximum absolute atomic E-state index is 12.5. The number of carbonyl (C=O) groups is 2. The van der Waals surface area contributed by atoms with Crippen LogP contribution in [0.15, 0.2) is 24.8 Å². The lowest BCUT2D eigenvalue weighted by Gasteiger charge is -2.21. The predicted octanol–water partition coefficient (Wildman–Crippen LogP) is 2.52. The number of hydrogen-bond donors (Lipinski definition) is 1. The van der Waals surface area contributed by atoms with Crippen molar-refractivity contribution in [3.63, 3.8) is 0 Å². The van der Waals surface area contributed by atoms with Crippen molar-refractivity contribution in [2.75, 3.05) is 45.2 Å². The average Bonchev–Trinajstić information content (AvgIpc) is 3.19. The first-order valence-corrected chi connectivity index (χ1v) is 9.14. The lowest BCUT2D eigenvalue weighted by atomic mass is 10.0. The van der Waals surface area contributed by atoms with Gasteiger partial charge in [-0.2, -0.15) is 0 Å². The third-order valence-electron chi connectivity index (χ3n) is 5.00. The smallest absolute Gasteiger partial charge is 0.245 e. The minimum Gasteiger partial charge on any atom is -0.495 e. The number of benzene rings is 1. The molecule has 0 bridgehead atoms. The maximum Gasteiger partial charge on any atom is 0.245 e. The molecule has 2 saturated heterocycles. The van der Waals surface area contributed by atoms with E-state index in [4.69, 9.17) is 27.9 Å². The lowest BCUT2D eigenvalue weighted by Crippen LogP contribution is -2.37. The molecule has 2 aliphatic heterocycles. The molecule has 1 N–H and O–H groups in total. The molecule has 0 saturated carbocycles. The van der Waals surface area contributed by atoms with Crippen LogP contribution in [0.4, 0.5) is 5.69 Å². The van der Waals surface area contributed by atoms with E-state index < -0.39 is 0 Å². The quantitative estimate of drug-likeness (QED) is 0.775. The molecule has 2 atom stereocenters. The van der Waals surface area contributed by atoms with Crippen LogP contribution in [-0.2, 0) is 9.59 Å². The Balaban J connectivity index is 1.55. The van der Waals surface area contributed by atoms with E-state index in [1.54, 1.807) is 12.1 Å². The Kier molecular flexibility index (Phi) is 5.63. The zero-order chi connectivity index (χ0) is 18.8. The molecular formula is C18H21Cl2N3O3. The Labute approximate surface area is 162 Å². The molecule has 8 heteroatoms. The summed E-state index contributed by atoms with van der Waals surface area (Å²) in [6.45, 7) is 6.38. The highest BCUT2D eigenvalue weighted by molar-refractivity contribution is 6.37. The number of halogens is 2. The second-order valence-electron chi connectivity index (χ2n) is 6.59. The number of nitrogens with one attached hydrogen (secondary N) is 1. The molecular weight excluding hydrogens is 377 g/mol. The van der Waals surface area contributed by atoms with E-state index in [0.29, 0.717) is 59.5 Å². The van der Waals surface area contributed by atoms with E-state index in [0.717, 1.165) is 0 Å². The minimum absolute atomic E-state index is 0.00554. The van der Waals surface area contributed by atoms with Crippen molar-refractivity contribution in [2.24, 2.45) is 11.8 Å². The van der Waals surface area contributed by atoms with Gasteiger partial charge in [0, 0.05) is 44.1 Å². The molecule has 0 spiro atoms. The summed E-state index contributed by atoms with van der Waals surface area (Å²) in [5, 5.41) is 3.90. The normalized spacial score (nSPS) is 21.5. The Bertz CT molecular complexity index is 727. The summed E-state index contributed by atoms with van der Waals surface area (Å²) in [5.41, 5.74) is 0.600. The van der Waals surface area contributed by atoms with Crippen LogP contribution in [0, 0.1) is 11.8 Å². The number of amides is 2. The first-order chi connectivity index (χ1) is 12.4. The summed E-state index contributed by atoms with van der Waals surface area (Å²) < 4.78 is 5.17. The average molecular weight is 398 g/mol. The Morgan fingerprint density at radius 3 is 2.38 bits per heavy atom. The summed E-state index contributed by atoms with van der Waals surface area (Å²) >= 11 is 12.2. The summed E-state index contributed by atoms with van der Waals surface area (Å²) in [7, 11) is 1.52. The van der Waals surface area contributed by atoms with Gasteiger partial charge in [-0.25, -0.2) is 0 Å². The van der Waals surface area contributed by atoms with Crippen molar-refractivity contribution in [3.8, 4) is 5.75 Å². The zero-order valence-electron chi connectivity index (χ0n) is 14.5. The molecule has 1 aromatic carbocycles. The summed E-state index contributed by atoms with van der Waals surface area (Å²) in [6, 6.07) is 3.26. The molecule has 26 heavy (non-hydrogen) atoms. The molecule has 2 amide bonds. The summed E-state index contributed by atoms with van der Waals surface area (Å²) in [5.74, 6) is 1.13. The highest BCUT2D eigenvalue weighted by Gasteiger charge is 2.42. The van der Waals surface area contributed by atoms with Crippen molar-refractivity contribution in [2.45, 2.75) is 0 Å². The van der Waals surface area contributed by atoms with Crippen LogP contribution in [0.3, 0.4) is 0 Å². The van der Waals surface area contributed by atoms with Crippen LogP contribution in [0.1, 0.15) is 0 Å². The Morgan fingerprint density at radius 2 is 1.81 bits per heavy atom. The Morgan fingerprint density at radius 1 is 1.19 bits per heavy atom. The first kappa shape index (κ1) is 18.9. The van der Waals surface area contributed by atoms with Gasteiger partial charge in [0.15, 0.2) is 0 Å².